The lowest BCUT2D eigenvalue weighted by Gasteiger charge is -2.40. The number of carbonyl (C=O) groups is 3. The fourth-order valence-corrected chi connectivity index (χ4v) is 4.27. The molecule has 2 aliphatic rings. The molecule has 9 heteroatoms. The molecule has 0 spiro atoms. The van der Waals surface area contributed by atoms with E-state index < -0.39 is 23.4 Å². The minimum atomic E-state index is -0.510. The third-order valence-corrected chi connectivity index (χ3v) is 5.46. The van der Waals surface area contributed by atoms with Crippen LogP contribution in [0.2, 0.25) is 0 Å². The fourth-order valence-electron chi connectivity index (χ4n) is 4.27. The second-order valence-electron chi connectivity index (χ2n) is 7.17. The highest BCUT2D eigenvalue weighted by molar-refractivity contribution is 5.95. The minimum absolute atomic E-state index is 0.0286. The summed E-state index contributed by atoms with van der Waals surface area (Å²) in [5.74, 6) is -1.61. The first-order valence-corrected chi connectivity index (χ1v) is 9.27. The lowest BCUT2D eigenvalue weighted by Crippen LogP contribution is -2.56. The highest BCUT2D eigenvalue weighted by Crippen LogP contribution is 2.43. The van der Waals surface area contributed by atoms with E-state index in [9.17, 15) is 19.2 Å². The molecule has 1 N–H and O–H groups in total. The van der Waals surface area contributed by atoms with Gasteiger partial charge in [0.25, 0.3) is 11.5 Å². The molecule has 4 rings (SSSR count). The Morgan fingerprint density at radius 2 is 1.93 bits per heavy atom. The van der Waals surface area contributed by atoms with Crippen LogP contribution < -0.4 is 5.56 Å². The molecule has 2 aromatic rings. The van der Waals surface area contributed by atoms with Gasteiger partial charge < -0.3 is 19.5 Å². The number of carbonyl (C=O) groups excluding carboxylic acids is 3. The van der Waals surface area contributed by atoms with Gasteiger partial charge in [0.15, 0.2) is 0 Å². The van der Waals surface area contributed by atoms with Gasteiger partial charge >= 0.3 is 5.97 Å². The highest BCUT2D eigenvalue weighted by Gasteiger charge is 2.51. The molecular formula is C20H20N4O5. The number of rotatable bonds is 3. The van der Waals surface area contributed by atoms with Crippen LogP contribution in [-0.4, -0.2) is 63.8 Å². The van der Waals surface area contributed by atoms with E-state index in [-0.39, 0.29) is 36.7 Å². The molecule has 0 unspecified atom stereocenters. The van der Waals surface area contributed by atoms with Crippen molar-refractivity contribution < 1.29 is 19.1 Å². The molecule has 2 fully saturated rings. The number of ether oxygens (including phenoxy) is 1. The third-order valence-electron chi connectivity index (χ3n) is 5.46. The lowest BCUT2D eigenvalue weighted by molar-refractivity contribution is -0.147. The molecule has 1 aromatic carbocycles. The van der Waals surface area contributed by atoms with Gasteiger partial charge in [0.2, 0.25) is 5.91 Å². The molecule has 0 bridgehead atoms. The van der Waals surface area contributed by atoms with E-state index in [2.05, 4.69) is 9.97 Å². The largest absolute Gasteiger partial charge is 0.469 e. The molecule has 29 heavy (non-hydrogen) atoms. The standard InChI is InChI=1S/C20H20N4O5/c1-29-20(28)14-7-13-10-23(19(27)15-8-21-9-16(25)22-15)11-17(26)24(13)18(14)12-5-3-2-4-6-12/h2-6,8-9,13-14,18H,7,10-11H2,1H3,(H,22,25)/t13-,14-,18-/m0/s1. The number of piperazine rings is 1. The Morgan fingerprint density at radius 1 is 1.17 bits per heavy atom. The number of hydrogen-bond acceptors (Lipinski definition) is 6. The Labute approximate surface area is 166 Å². The molecule has 150 valence electrons. The number of amides is 2. The summed E-state index contributed by atoms with van der Waals surface area (Å²) >= 11 is 0. The molecule has 9 nitrogen and oxygen atoms in total. The summed E-state index contributed by atoms with van der Waals surface area (Å²) in [5, 5.41) is 0. The van der Waals surface area contributed by atoms with Gasteiger partial charge in [0.05, 0.1) is 37.5 Å². The SMILES string of the molecule is COC(=O)[C@H]1C[C@H]2CN(C(=O)c3cncc(=O)[nH]3)CC(=O)N2[C@H]1c1ccccc1. The van der Waals surface area contributed by atoms with Gasteiger partial charge in [0.1, 0.15) is 12.2 Å². The zero-order valence-electron chi connectivity index (χ0n) is 15.8. The van der Waals surface area contributed by atoms with E-state index in [0.29, 0.717) is 6.42 Å². The Morgan fingerprint density at radius 3 is 2.62 bits per heavy atom. The summed E-state index contributed by atoms with van der Waals surface area (Å²) in [6, 6.07) is 8.60. The number of aromatic amines is 1. The first-order valence-electron chi connectivity index (χ1n) is 9.27. The summed E-state index contributed by atoms with van der Waals surface area (Å²) in [4.78, 5) is 58.9. The molecule has 3 atom stereocenters. The number of aromatic nitrogens is 2. The summed E-state index contributed by atoms with van der Waals surface area (Å²) < 4.78 is 4.98. The van der Waals surface area contributed by atoms with Crippen molar-refractivity contribution in [2.45, 2.75) is 18.5 Å². The Balaban J connectivity index is 1.63. The van der Waals surface area contributed by atoms with Crippen molar-refractivity contribution in [1.82, 2.24) is 19.8 Å². The maximum absolute atomic E-state index is 13.0. The van der Waals surface area contributed by atoms with Crippen molar-refractivity contribution in [1.29, 1.82) is 0 Å². The summed E-state index contributed by atoms with van der Waals surface area (Å²) in [6.07, 6.45) is 2.73. The maximum atomic E-state index is 13.0. The zero-order chi connectivity index (χ0) is 20.5. The number of nitrogens with zero attached hydrogens (tertiary/aromatic N) is 3. The monoisotopic (exact) mass is 396 g/mol. The quantitative estimate of drug-likeness (QED) is 0.750. The lowest BCUT2D eigenvalue weighted by atomic mass is 9.93. The van der Waals surface area contributed by atoms with Gasteiger partial charge in [-0.15, -0.1) is 0 Å². The van der Waals surface area contributed by atoms with Crippen LogP contribution in [0.4, 0.5) is 0 Å². The second-order valence-corrected chi connectivity index (χ2v) is 7.17. The number of fused-ring (bicyclic) bond motifs is 1. The van der Waals surface area contributed by atoms with E-state index in [1.807, 2.05) is 30.3 Å². The van der Waals surface area contributed by atoms with E-state index in [4.69, 9.17) is 4.74 Å². The highest BCUT2D eigenvalue weighted by atomic mass is 16.5. The van der Waals surface area contributed by atoms with Crippen LogP contribution in [0.25, 0.3) is 0 Å². The molecule has 0 aliphatic carbocycles. The van der Waals surface area contributed by atoms with Crippen LogP contribution in [-0.2, 0) is 14.3 Å². The van der Waals surface area contributed by atoms with Gasteiger partial charge in [-0.25, -0.2) is 0 Å². The summed E-state index contributed by atoms with van der Waals surface area (Å²) in [6.45, 7) is 0.127. The number of benzene rings is 1. The van der Waals surface area contributed by atoms with E-state index in [1.54, 1.807) is 4.90 Å². The number of methoxy groups -OCH3 is 1. The molecular weight excluding hydrogens is 376 g/mol. The summed E-state index contributed by atoms with van der Waals surface area (Å²) in [7, 11) is 1.33. The van der Waals surface area contributed by atoms with Crippen LogP contribution in [0.5, 0.6) is 0 Å². The van der Waals surface area contributed by atoms with Crippen LogP contribution in [0.1, 0.15) is 28.5 Å². The van der Waals surface area contributed by atoms with E-state index in [1.165, 1.54) is 18.2 Å². The first kappa shape index (κ1) is 18.9. The van der Waals surface area contributed by atoms with Gasteiger partial charge in [-0.3, -0.25) is 24.2 Å². The predicted octanol–water partition coefficient (Wildman–Crippen LogP) is 0.357. The van der Waals surface area contributed by atoms with Crippen molar-refractivity contribution >= 4 is 17.8 Å². The van der Waals surface area contributed by atoms with Gasteiger partial charge in [-0.1, -0.05) is 30.3 Å². The van der Waals surface area contributed by atoms with E-state index >= 15 is 0 Å². The van der Waals surface area contributed by atoms with Crippen LogP contribution >= 0.6 is 0 Å². The Bertz CT molecular complexity index is 1010. The first-order chi connectivity index (χ1) is 14.0. The number of hydrogen-bond donors (Lipinski definition) is 1. The van der Waals surface area contributed by atoms with Gasteiger partial charge in [0, 0.05) is 6.54 Å². The van der Waals surface area contributed by atoms with Gasteiger partial charge in [-0.2, -0.15) is 0 Å². The molecule has 0 radical (unpaired) electrons. The fraction of sp³-hybridized carbons (Fsp3) is 0.350. The molecule has 2 amide bonds. The Kier molecular flexibility index (Phi) is 4.87. The van der Waals surface area contributed by atoms with Crippen molar-refractivity contribution in [3.8, 4) is 0 Å². The summed E-state index contributed by atoms with van der Waals surface area (Å²) in [5.41, 5.74) is 0.396. The minimum Gasteiger partial charge on any atom is -0.469 e. The number of nitrogens with one attached hydrogen (secondary N) is 1. The molecule has 2 aliphatic heterocycles. The molecule has 1 aromatic heterocycles. The van der Waals surface area contributed by atoms with Crippen molar-refractivity contribution in [2.24, 2.45) is 5.92 Å². The topological polar surface area (TPSA) is 113 Å². The zero-order valence-corrected chi connectivity index (χ0v) is 15.8. The normalized spacial score (nSPS) is 23.6. The van der Waals surface area contributed by atoms with Crippen LogP contribution in [0.15, 0.2) is 47.5 Å². The smallest absolute Gasteiger partial charge is 0.311 e. The molecule has 0 saturated carbocycles. The van der Waals surface area contributed by atoms with Crippen molar-refractivity contribution in [2.75, 3.05) is 20.2 Å². The molecule has 3 heterocycles. The molecule has 2 saturated heterocycles. The maximum Gasteiger partial charge on any atom is 0.311 e. The number of H-pyrrole nitrogens is 1. The Hall–Kier alpha value is -3.49. The van der Waals surface area contributed by atoms with Gasteiger partial charge in [-0.05, 0) is 12.0 Å². The second kappa shape index (κ2) is 7.50. The van der Waals surface area contributed by atoms with E-state index in [0.717, 1.165) is 11.8 Å². The van der Waals surface area contributed by atoms with Crippen LogP contribution in [0, 0.1) is 5.92 Å². The van der Waals surface area contributed by atoms with Crippen molar-refractivity contribution in [3.63, 3.8) is 0 Å². The third kappa shape index (κ3) is 3.39. The van der Waals surface area contributed by atoms with Crippen LogP contribution in [0.3, 0.4) is 0 Å². The number of esters is 1. The average molecular weight is 396 g/mol. The predicted molar refractivity (Wildman–Crippen MR) is 101 cm³/mol. The van der Waals surface area contributed by atoms with Crippen molar-refractivity contribution in [3.05, 3.63) is 64.3 Å². The average Bonchev–Trinajstić information content (AvgIpc) is 3.13.